The van der Waals surface area contributed by atoms with Crippen LogP contribution in [0.25, 0.3) is 21.9 Å². The number of ether oxygens (including phenoxy) is 1. The lowest BCUT2D eigenvalue weighted by molar-refractivity contribution is 0.415. The van der Waals surface area contributed by atoms with Crippen LogP contribution in [0, 0.1) is 0 Å². The third kappa shape index (κ3) is 1.16. The number of H-pyrrole nitrogens is 1. The number of nitrogens with zero attached hydrogens (tertiary/aromatic N) is 1. The summed E-state index contributed by atoms with van der Waals surface area (Å²) in [6, 6.07) is 10.0. The molecule has 3 heteroatoms. The van der Waals surface area contributed by atoms with E-state index in [1.165, 1.54) is 5.39 Å². The van der Waals surface area contributed by atoms with Crippen LogP contribution in [0.15, 0.2) is 36.5 Å². The van der Waals surface area contributed by atoms with E-state index in [1.54, 1.807) is 13.3 Å². The van der Waals surface area contributed by atoms with Crippen molar-refractivity contribution in [2.75, 3.05) is 7.11 Å². The van der Waals surface area contributed by atoms with E-state index in [4.69, 9.17) is 4.74 Å². The molecule has 0 fully saturated rings. The van der Waals surface area contributed by atoms with E-state index in [0.29, 0.717) is 0 Å². The van der Waals surface area contributed by atoms with E-state index in [-0.39, 0.29) is 0 Å². The molecule has 2 aromatic heterocycles. The van der Waals surface area contributed by atoms with Gasteiger partial charge in [0, 0.05) is 23.0 Å². The molecular weight excluding hydrogens is 188 g/mol. The predicted octanol–water partition coefficient (Wildman–Crippen LogP) is 2.72. The monoisotopic (exact) mass is 198 g/mol. The molecule has 0 atom stereocenters. The third-order valence-corrected chi connectivity index (χ3v) is 2.58. The first-order chi connectivity index (χ1) is 7.38. The molecule has 3 nitrogen and oxygen atoms in total. The number of benzene rings is 1. The Morgan fingerprint density at radius 3 is 3.00 bits per heavy atom. The average molecular weight is 198 g/mol. The Morgan fingerprint density at radius 2 is 2.13 bits per heavy atom. The normalized spacial score (nSPS) is 11.0. The maximum Gasteiger partial charge on any atom is 0.138 e. The van der Waals surface area contributed by atoms with Gasteiger partial charge in [-0.2, -0.15) is 0 Å². The minimum atomic E-state index is 0.856. The summed E-state index contributed by atoms with van der Waals surface area (Å²) in [5, 5.41) is 2.33. The fourth-order valence-corrected chi connectivity index (χ4v) is 1.84. The minimum Gasteiger partial charge on any atom is -0.497 e. The zero-order valence-corrected chi connectivity index (χ0v) is 8.32. The number of pyridine rings is 1. The highest BCUT2D eigenvalue weighted by atomic mass is 16.5. The van der Waals surface area contributed by atoms with Gasteiger partial charge in [0.25, 0.3) is 0 Å². The van der Waals surface area contributed by atoms with Crippen LogP contribution in [0.1, 0.15) is 0 Å². The maximum absolute atomic E-state index is 5.18. The largest absolute Gasteiger partial charge is 0.497 e. The first kappa shape index (κ1) is 8.29. The van der Waals surface area contributed by atoms with Crippen LogP contribution in [-0.4, -0.2) is 17.1 Å². The van der Waals surface area contributed by atoms with Crippen LogP contribution in [0.4, 0.5) is 0 Å². The summed E-state index contributed by atoms with van der Waals surface area (Å²) in [5.74, 6) is 0.856. The number of hydrogen-bond acceptors (Lipinski definition) is 2. The predicted molar refractivity (Wildman–Crippen MR) is 60.2 cm³/mol. The van der Waals surface area contributed by atoms with Gasteiger partial charge in [-0.15, -0.1) is 0 Å². The van der Waals surface area contributed by atoms with E-state index >= 15 is 0 Å². The molecule has 1 aromatic carbocycles. The maximum atomic E-state index is 5.18. The highest BCUT2D eigenvalue weighted by molar-refractivity contribution is 6.06. The topological polar surface area (TPSA) is 37.9 Å². The van der Waals surface area contributed by atoms with Gasteiger partial charge in [-0.05, 0) is 24.3 Å². The number of nitrogens with one attached hydrogen (secondary N) is 1. The highest BCUT2D eigenvalue weighted by Gasteiger charge is 2.04. The molecule has 2 heterocycles. The van der Waals surface area contributed by atoms with Crippen LogP contribution in [0.2, 0.25) is 0 Å². The smallest absolute Gasteiger partial charge is 0.138 e. The van der Waals surface area contributed by atoms with Crippen molar-refractivity contribution in [1.82, 2.24) is 9.97 Å². The van der Waals surface area contributed by atoms with Crippen molar-refractivity contribution in [2.24, 2.45) is 0 Å². The van der Waals surface area contributed by atoms with Crippen LogP contribution in [0.5, 0.6) is 5.75 Å². The number of fused-ring (bicyclic) bond motifs is 3. The number of aromatic nitrogens is 2. The Kier molecular flexibility index (Phi) is 1.65. The van der Waals surface area contributed by atoms with Gasteiger partial charge in [0.05, 0.1) is 12.6 Å². The molecule has 1 N–H and O–H groups in total. The molecule has 0 aliphatic rings. The number of rotatable bonds is 1. The van der Waals surface area contributed by atoms with Crippen molar-refractivity contribution < 1.29 is 4.74 Å². The zero-order valence-electron chi connectivity index (χ0n) is 8.32. The molecule has 0 unspecified atom stereocenters. The van der Waals surface area contributed by atoms with Crippen LogP contribution in [0.3, 0.4) is 0 Å². The van der Waals surface area contributed by atoms with Gasteiger partial charge in [-0.25, -0.2) is 4.98 Å². The van der Waals surface area contributed by atoms with E-state index in [9.17, 15) is 0 Å². The first-order valence-corrected chi connectivity index (χ1v) is 4.79. The van der Waals surface area contributed by atoms with Crippen molar-refractivity contribution >= 4 is 21.9 Å². The summed E-state index contributed by atoms with van der Waals surface area (Å²) >= 11 is 0. The molecular formula is C12H10N2O. The van der Waals surface area contributed by atoms with Crippen LogP contribution < -0.4 is 4.74 Å². The van der Waals surface area contributed by atoms with Gasteiger partial charge in [0.2, 0.25) is 0 Å². The van der Waals surface area contributed by atoms with Crippen molar-refractivity contribution in [1.29, 1.82) is 0 Å². The van der Waals surface area contributed by atoms with Crippen molar-refractivity contribution in [2.45, 2.75) is 0 Å². The van der Waals surface area contributed by atoms with E-state index in [1.807, 2.05) is 18.2 Å². The van der Waals surface area contributed by atoms with Crippen LogP contribution in [-0.2, 0) is 0 Å². The van der Waals surface area contributed by atoms with Gasteiger partial charge in [0.1, 0.15) is 11.4 Å². The van der Waals surface area contributed by atoms with E-state index < -0.39 is 0 Å². The highest BCUT2D eigenvalue weighted by Crippen LogP contribution is 2.26. The van der Waals surface area contributed by atoms with Gasteiger partial charge in [0.15, 0.2) is 0 Å². The molecule has 0 aliphatic heterocycles. The minimum absolute atomic E-state index is 0.856. The number of methoxy groups -OCH3 is 1. The summed E-state index contributed by atoms with van der Waals surface area (Å²) in [4.78, 5) is 7.54. The summed E-state index contributed by atoms with van der Waals surface area (Å²) in [7, 11) is 1.67. The fraction of sp³-hybridized carbons (Fsp3) is 0.0833. The molecule has 0 radical (unpaired) electrons. The quantitative estimate of drug-likeness (QED) is 0.652. The Balaban J connectivity index is 2.43. The van der Waals surface area contributed by atoms with Crippen molar-refractivity contribution in [3.8, 4) is 5.75 Å². The van der Waals surface area contributed by atoms with Crippen molar-refractivity contribution in [3.63, 3.8) is 0 Å². The lowest BCUT2D eigenvalue weighted by Gasteiger charge is -1.97. The third-order valence-electron chi connectivity index (χ3n) is 2.58. The summed E-state index contributed by atoms with van der Waals surface area (Å²) in [5.41, 5.74) is 1.98. The summed E-state index contributed by atoms with van der Waals surface area (Å²) in [6.07, 6.45) is 1.79. The Hall–Kier alpha value is -2.03. The van der Waals surface area contributed by atoms with Gasteiger partial charge < -0.3 is 9.72 Å². The second-order valence-electron chi connectivity index (χ2n) is 3.44. The fourth-order valence-electron chi connectivity index (χ4n) is 1.84. The molecule has 0 amide bonds. The SMILES string of the molecule is COc1ccc2c(c1)[nH]c1ncccc12. The first-order valence-electron chi connectivity index (χ1n) is 4.79. The summed E-state index contributed by atoms with van der Waals surface area (Å²) < 4.78 is 5.18. The lowest BCUT2D eigenvalue weighted by atomic mass is 10.2. The molecule has 3 aromatic rings. The Bertz CT molecular complexity index is 628. The van der Waals surface area contributed by atoms with Crippen LogP contribution >= 0.6 is 0 Å². The van der Waals surface area contributed by atoms with Gasteiger partial charge >= 0.3 is 0 Å². The molecule has 0 bridgehead atoms. The number of aromatic amines is 1. The molecule has 3 rings (SSSR count). The molecule has 0 spiro atoms. The Labute approximate surface area is 86.7 Å². The Morgan fingerprint density at radius 1 is 1.20 bits per heavy atom. The second kappa shape index (κ2) is 2.98. The van der Waals surface area contributed by atoms with Gasteiger partial charge in [-0.1, -0.05) is 0 Å². The van der Waals surface area contributed by atoms with Crippen molar-refractivity contribution in [3.05, 3.63) is 36.5 Å². The molecule has 0 saturated heterocycles. The zero-order chi connectivity index (χ0) is 10.3. The second-order valence-corrected chi connectivity index (χ2v) is 3.44. The van der Waals surface area contributed by atoms with E-state index in [0.717, 1.165) is 22.3 Å². The molecule has 0 aliphatic carbocycles. The molecule has 74 valence electrons. The number of hydrogen-bond donors (Lipinski definition) is 1. The molecule has 15 heavy (non-hydrogen) atoms. The summed E-state index contributed by atoms with van der Waals surface area (Å²) in [6.45, 7) is 0. The standard InChI is InChI=1S/C12H10N2O/c1-15-8-4-5-9-10-3-2-6-13-12(10)14-11(9)7-8/h2-7H,1H3,(H,13,14). The lowest BCUT2D eigenvalue weighted by Crippen LogP contribution is -1.80. The van der Waals surface area contributed by atoms with E-state index in [2.05, 4.69) is 22.1 Å². The molecule has 0 saturated carbocycles. The average Bonchev–Trinajstić information content (AvgIpc) is 2.66. The van der Waals surface area contributed by atoms with Gasteiger partial charge in [-0.3, -0.25) is 0 Å².